The highest BCUT2D eigenvalue weighted by Crippen LogP contribution is 2.17. The van der Waals surface area contributed by atoms with Gasteiger partial charge in [-0.25, -0.2) is 0 Å². The van der Waals surface area contributed by atoms with Crippen molar-refractivity contribution in [1.29, 1.82) is 0 Å². The minimum absolute atomic E-state index is 0.321. The van der Waals surface area contributed by atoms with Gasteiger partial charge in [0, 0.05) is 11.3 Å². The smallest absolute Gasteiger partial charge is 0.254 e. The van der Waals surface area contributed by atoms with Crippen molar-refractivity contribution in [2.45, 2.75) is 31.7 Å². The molecule has 0 spiro atoms. The Hall–Kier alpha value is -1.13. The van der Waals surface area contributed by atoms with Crippen molar-refractivity contribution in [2.75, 3.05) is 0 Å². The molecule has 1 aliphatic rings. The van der Waals surface area contributed by atoms with Crippen LogP contribution < -0.4 is 0 Å². The summed E-state index contributed by atoms with van der Waals surface area (Å²) in [5.74, 6) is 0. The molecular weight excluding hydrogens is 148 g/mol. The van der Waals surface area contributed by atoms with E-state index in [0.717, 1.165) is 12.8 Å². The van der Waals surface area contributed by atoms with Crippen LogP contribution in [0.3, 0.4) is 0 Å². The molecule has 5 nitrogen and oxygen atoms in total. The fraction of sp³-hybridized carbons (Fsp3) is 0.833. The van der Waals surface area contributed by atoms with Gasteiger partial charge in [0.1, 0.15) is 5.71 Å². The van der Waals surface area contributed by atoms with E-state index in [-0.39, 0.29) is 4.92 Å². The van der Waals surface area contributed by atoms with Gasteiger partial charge >= 0.3 is 0 Å². The Balaban J connectivity index is 2.67. The second kappa shape index (κ2) is 3.32. The van der Waals surface area contributed by atoms with Crippen molar-refractivity contribution in [1.82, 2.24) is 0 Å². The summed E-state index contributed by atoms with van der Waals surface area (Å²) in [5.41, 5.74) is 0.321. The van der Waals surface area contributed by atoms with E-state index in [4.69, 9.17) is 5.21 Å². The lowest BCUT2D eigenvalue weighted by Crippen LogP contribution is -2.32. The van der Waals surface area contributed by atoms with Crippen LogP contribution in [0.2, 0.25) is 0 Å². The predicted molar refractivity (Wildman–Crippen MR) is 38.5 cm³/mol. The fourth-order valence-electron chi connectivity index (χ4n) is 1.32. The Morgan fingerprint density at radius 1 is 1.64 bits per heavy atom. The number of nitrogens with zero attached hydrogens (tertiary/aromatic N) is 2. The summed E-state index contributed by atoms with van der Waals surface area (Å²) in [6.07, 6.45) is 2.81. The highest BCUT2D eigenvalue weighted by Gasteiger charge is 2.30. The molecular formula is C6H10N2O3. The first kappa shape index (κ1) is 7.97. The Labute approximate surface area is 63.9 Å². The first-order valence-corrected chi connectivity index (χ1v) is 3.60. The molecule has 1 saturated carbocycles. The van der Waals surface area contributed by atoms with Crippen molar-refractivity contribution in [3.05, 3.63) is 10.1 Å². The number of rotatable bonds is 1. The largest absolute Gasteiger partial charge is 0.411 e. The average Bonchev–Trinajstić information content (AvgIpc) is 2.04. The molecule has 0 amide bonds. The second-order valence-corrected chi connectivity index (χ2v) is 2.64. The average molecular weight is 158 g/mol. The Kier molecular flexibility index (Phi) is 2.40. The van der Waals surface area contributed by atoms with Gasteiger partial charge in [-0.15, -0.1) is 0 Å². The first-order chi connectivity index (χ1) is 5.25. The normalized spacial score (nSPS) is 28.7. The molecule has 1 unspecified atom stereocenters. The molecule has 0 aromatic rings. The minimum atomic E-state index is -0.742. The number of hydrogen-bond donors (Lipinski definition) is 1. The van der Waals surface area contributed by atoms with Crippen LogP contribution in [-0.4, -0.2) is 21.9 Å². The topological polar surface area (TPSA) is 75.7 Å². The summed E-state index contributed by atoms with van der Waals surface area (Å²) in [6, 6.07) is -0.742. The summed E-state index contributed by atoms with van der Waals surface area (Å²) in [4.78, 5) is 9.96. The Bertz CT molecular complexity index is 190. The summed E-state index contributed by atoms with van der Waals surface area (Å²) in [6.45, 7) is 0. The van der Waals surface area contributed by atoms with Crippen LogP contribution in [-0.2, 0) is 0 Å². The molecule has 5 heteroatoms. The van der Waals surface area contributed by atoms with Gasteiger partial charge in [0.15, 0.2) is 0 Å². The van der Waals surface area contributed by atoms with Gasteiger partial charge < -0.3 is 5.21 Å². The van der Waals surface area contributed by atoms with Gasteiger partial charge in [-0.05, 0) is 19.3 Å². The van der Waals surface area contributed by atoms with Crippen LogP contribution in [0.25, 0.3) is 0 Å². The molecule has 0 saturated heterocycles. The highest BCUT2D eigenvalue weighted by molar-refractivity contribution is 5.88. The fourth-order valence-corrected chi connectivity index (χ4v) is 1.32. The minimum Gasteiger partial charge on any atom is -0.411 e. The third-order valence-electron chi connectivity index (χ3n) is 1.93. The molecule has 0 aliphatic heterocycles. The lowest BCUT2D eigenvalue weighted by Gasteiger charge is -2.15. The van der Waals surface area contributed by atoms with Crippen LogP contribution in [0, 0.1) is 10.1 Å². The lowest BCUT2D eigenvalue weighted by molar-refractivity contribution is -0.505. The van der Waals surface area contributed by atoms with Gasteiger partial charge in [-0.1, -0.05) is 5.16 Å². The zero-order chi connectivity index (χ0) is 8.27. The molecule has 0 bridgehead atoms. The number of hydrogen-bond acceptors (Lipinski definition) is 4. The van der Waals surface area contributed by atoms with Gasteiger partial charge in [0.05, 0.1) is 0 Å². The van der Waals surface area contributed by atoms with Crippen molar-refractivity contribution >= 4 is 5.71 Å². The van der Waals surface area contributed by atoms with E-state index in [1.807, 2.05) is 0 Å². The molecule has 1 aliphatic carbocycles. The lowest BCUT2D eigenvalue weighted by atomic mass is 9.94. The van der Waals surface area contributed by atoms with E-state index in [9.17, 15) is 10.1 Å². The molecule has 0 heterocycles. The van der Waals surface area contributed by atoms with E-state index < -0.39 is 6.04 Å². The van der Waals surface area contributed by atoms with Gasteiger partial charge in [0.25, 0.3) is 6.04 Å². The van der Waals surface area contributed by atoms with Gasteiger partial charge in [-0.2, -0.15) is 0 Å². The third kappa shape index (κ3) is 1.66. The van der Waals surface area contributed by atoms with Crippen LogP contribution in [0.1, 0.15) is 25.7 Å². The summed E-state index contributed by atoms with van der Waals surface area (Å²) >= 11 is 0. The van der Waals surface area contributed by atoms with Crippen LogP contribution in [0.15, 0.2) is 5.16 Å². The molecule has 0 aromatic heterocycles. The standard InChI is InChI=1S/C6H10N2O3/c9-7-5-3-1-2-4-6(5)8(10)11/h6,9H,1-4H2. The van der Waals surface area contributed by atoms with Crippen LogP contribution in [0.4, 0.5) is 0 Å². The zero-order valence-electron chi connectivity index (χ0n) is 6.06. The molecule has 1 rings (SSSR count). The van der Waals surface area contributed by atoms with E-state index in [2.05, 4.69) is 5.16 Å². The van der Waals surface area contributed by atoms with E-state index in [1.54, 1.807) is 0 Å². The molecule has 0 radical (unpaired) electrons. The van der Waals surface area contributed by atoms with E-state index in [1.165, 1.54) is 0 Å². The zero-order valence-corrected chi connectivity index (χ0v) is 6.06. The maximum atomic E-state index is 10.3. The number of nitro groups is 1. The SMILES string of the molecule is O=[N+]([O-])C1CCCCC1=NO. The first-order valence-electron chi connectivity index (χ1n) is 3.60. The maximum absolute atomic E-state index is 10.3. The molecule has 1 N–H and O–H groups in total. The summed E-state index contributed by atoms with van der Waals surface area (Å²) < 4.78 is 0. The van der Waals surface area contributed by atoms with Crippen LogP contribution in [0.5, 0.6) is 0 Å². The number of oxime groups is 1. The van der Waals surface area contributed by atoms with Gasteiger partial charge in [0.2, 0.25) is 0 Å². The molecule has 11 heavy (non-hydrogen) atoms. The monoisotopic (exact) mass is 158 g/mol. The van der Waals surface area contributed by atoms with Gasteiger partial charge in [-0.3, -0.25) is 10.1 Å². The van der Waals surface area contributed by atoms with E-state index >= 15 is 0 Å². The highest BCUT2D eigenvalue weighted by atomic mass is 16.6. The van der Waals surface area contributed by atoms with Crippen molar-refractivity contribution < 1.29 is 10.1 Å². The molecule has 62 valence electrons. The quantitative estimate of drug-likeness (QED) is 0.352. The second-order valence-electron chi connectivity index (χ2n) is 2.64. The van der Waals surface area contributed by atoms with Crippen molar-refractivity contribution in [3.63, 3.8) is 0 Å². The Morgan fingerprint density at radius 2 is 2.36 bits per heavy atom. The van der Waals surface area contributed by atoms with Crippen LogP contribution >= 0.6 is 0 Å². The molecule has 0 aromatic carbocycles. The summed E-state index contributed by atoms with van der Waals surface area (Å²) in [5, 5.41) is 21.7. The van der Waals surface area contributed by atoms with E-state index in [0.29, 0.717) is 18.6 Å². The van der Waals surface area contributed by atoms with Crippen molar-refractivity contribution in [3.8, 4) is 0 Å². The maximum Gasteiger partial charge on any atom is 0.254 e. The van der Waals surface area contributed by atoms with Crippen molar-refractivity contribution in [2.24, 2.45) is 5.16 Å². The summed E-state index contributed by atoms with van der Waals surface area (Å²) in [7, 11) is 0. The molecule has 1 fully saturated rings. The predicted octanol–water partition coefficient (Wildman–Crippen LogP) is 1.04. The Morgan fingerprint density at radius 3 is 2.82 bits per heavy atom. The third-order valence-corrected chi connectivity index (χ3v) is 1.93. The molecule has 1 atom stereocenters.